The lowest BCUT2D eigenvalue weighted by atomic mass is 9.96. The van der Waals surface area contributed by atoms with Gasteiger partial charge in [-0.1, -0.05) is 6.07 Å². The molecule has 0 radical (unpaired) electrons. The van der Waals surface area contributed by atoms with E-state index in [1.165, 1.54) is 0 Å². The summed E-state index contributed by atoms with van der Waals surface area (Å²) < 4.78 is 5.18. The molecule has 2 N–H and O–H groups in total. The van der Waals surface area contributed by atoms with Gasteiger partial charge in [0.15, 0.2) is 0 Å². The summed E-state index contributed by atoms with van der Waals surface area (Å²) in [5.41, 5.74) is 2.66. The van der Waals surface area contributed by atoms with Gasteiger partial charge in [-0.25, -0.2) is 0 Å². The SMILES string of the molecule is COc1ccc(C)c2c1NCC2C(=O)O. The average Bonchev–Trinajstić information content (AvgIpc) is 2.63. The van der Waals surface area contributed by atoms with Gasteiger partial charge in [0.2, 0.25) is 0 Å². The number of anilines is 1. The zero-order chi connectivity index (χ0) is 11.0. The molecule has 0 fully saturated rings. The van der Waals surface area contributed by atoms with Gasteiger partial charge >= 0.3 is 5.97 Å². The average molecular weight is 207 g/mol. The van der Waals surface area contributed by atoms with Crippen molar-refractivity contribution in [3.63, 3.8) is 0 Å². The second-order valence-electron chi connectivity index (χ2n) is 3.65. The van der Waals surface area contributed by atoms with Crippen LogP contribution in [0.25, 0.3) is 0 Å². The molecule has 0 spiro atoms. The van der Waals surface area contributed by atoms with E-state index >= 15 is 0 Å². The first kappa shape index (κ1) is 9.83. The molecule has 1 unspecified atom stereocenters. The first-order chi connectivity index (χ1) is 7.15. The molecule has 0 saturated carbocycles. The number of carboxylic acid groups (broad SMARTS) is 1. The minimum atomic E-state index is -0.794. The second kappa shape index (κ2) is 3.46. The van der Waals surface area contributed by atoms with Gasteiger partial charge in [0.05, 0.1) is 12.8 Å². The Balaban J connectivity index is 2.56. The van der Waals surface area contributed by atoms with Gasteiger partial charge < -0.3 is 15.2 Å². The number of aryl methyl sites for hydroxylation is 1. The number of carboxylic acids is 1. The van der Waals surface area contributed by atoms with Crippen molar-refractivity contribution < 1.29 is 14.6 Å². The highest BCUT2D eigenvalue weighted by Gasteiger charge is 2.31. The monoisotopic (exact) mass is 207 g/mol. The van der Waals surface area contributed by atoms with Crippen LogP contribution in [0.1, 0.15) is 17.0 Å². The summed E-state index contributed by atoms with van der Waals surface area (Å²) in [6.07, 6.45) is 0. The quantitative estimate of drug-likeness (QED) is 0.773. The smallest absolute Gasteiger partial charge is 0.312 e. The van der Waals surface area contributed by atoms with Gasteiger partial charge in [-0.2, -0.15) is 0 Å². The van der Waals surface area contributed by atoms with Crippen LogP contribution >= 0.6 is 0 Å². The lowest BCUT2D eigenvalue weighted by molar-refractivity contribution is -0.138. The van der Waals surface area contributed by atoms with Gasteiger partial charge in [-0.15, -0.1) is 0 Å². The topological polar surface area (TPSA) is 58.6 Å². The fraction of sp³-hybridized carbons (Fsp3) is 0.364. The molecule has 1 heterocycles. The number of benzene rings is 1. The molecule has 0 aliphatic carbocycles. The standard InChI is InChI=1S/C11H13NO3/c1-6-3-4-8(15-2)10-9(6)7(5-12-10)11(13)14/h3-4,7,12H,5H2,1-2H3,(H,13,14). The fourth-order valence-electron chi connectivity index (χ4n) is 2.02. The van der Waals surface area contributed by atoms with Gasteiger partial charge in [-0.3, -0.25) is 4.79 Å². The fourth-order valence-corrected chi connectivity index (χ4v) is 2.02. The van der Waals surface area contributed by atoms with Crippen LogP contribution in [0.15, 0.2) is 12.1 Å². The van der Waals surface area contributed by atoms with E-state index in [-0.39, 0.29) is 0 Å². The van der Waals surface area contributed by atoms with Crippen molar-refractivity contribution in [1.29, 1.82) is 0 Å². The van der Waals surface area contributed by atoms with E-state index in [1.54, 1.807) is 7.11 Å². The molecule has 1 aliphatic heterocycles. The molecular formula is C11H13NO3. The Hall–Kier alpha value is -1.71. The summed E-state index contributed by atoms with van der Waals surface area (Å²) in [5.74, 6) is -0.549. The van der Waals surface area contributed by atoms with Crippen molar-refractivity contribution >= 4 is 11.7 Å². The van der Waals surface area contributed by atoms with Gasteiger partial charge in [-0.05, 0) is 24.1 Å². The van der Waals surface area contributed by atoms with Crippen LogP contribution in [0.3, 0.4) is 0 Å². The Morgan fingerprint density at radius 1 is 1.60 bits per heavy atom. The third-order valence-corrected chi connectivity index (χ3v) is 2.77. The molecule has 4 nitrogen and oxygen atoms in total. The lowest BCUT2D eigenvalue weighted by Crippen LogP contribution is -2.13. The van der Waals surface area contributed by atoms with E-state index in [1.807, 2.05) is 19.1 Å². The molecule has 0 bridgehead atoms. The summed E-state index contributed by atoms with van der Waals surface area (Å²) in [7, 11) is 1.58. The van der Waals surface area contributed by atoms with Crippen molar-refractivity contribution in [3.8, 4) is 5.75 Å². The van der Waals surface area contributed by atoms with Crippen LogP contribution < -0.4 is 10.1 Å². The zero-order valence-corrected chi connectivity index (χ0v) is 8.70. The van der Waals surface area contributed by atoms with E-state index < -0.39 is 11.9 Å². The van der Waals surface area contributed by atoms with Crippen LogP contribution in [-0.2, 0) is 4.79 Å². The summed E-state index contributed by atoms with van der Waals surface area (Å²) in [6.45, 7) is 2.35. The van der Waals surface area contributed by atoms with Gasteiger partial charge in [0.1, 0.15) is 11.7 Å². The summed E-state index contributed by atoms with van der Waals surface area (Å²) in [6, 6.07) is 3.74. The number of rotatable bonds is 2. The summed E-state index contributed by atoms with van der Waals surface area (Å²) in [4.78, 5) is 11.0. The molecule has 0 saturated heterocycles. The van der Waals surface area contributed by atoms with Gasteiger partial charge in [0, 0.05) is 6.54 Å². The largest absolute Gasteiger partial charge is 0.495 e. The minimum Gasteiger partial charge on any atom is -0.495 e. The van der Waals surface area contributed by atoms with Gasteiger partial charge in [0.25, 0.3) is 0 Å². The third kappa shape index (κ3) is 1.42. The van der Waals surface area contributed by atoms with Crippen molar-refractivity contribution in [2.45, 2.75) is 12.8 Å². The Labute approximate surface area is 87.9 Å². The number of carbonyl (C=O) groups is 1. The van der Waals surface area contributed by atoms with E-state index in [9.17, 15) is 4.79 Å². The number of nitrogens with one attached hydrogen (secondary N) is 1. The van der Waals surface area contributed by atoms with Crippen LogP contribution in [0.2, 0.25) is 0 Å². The van der Waals surface area contributed by atoms with Crippen molar-refractivity contribution in [2.75, 3.05) is 19.0 Å². The minimum absolute atomic E-state index is 0.436. The number of fused-ring (bicyclic) bond motifs is 1. The normalized spacial score (nSPS) is 18.1. The van der Waals surface area contributed by atoms with Crippen LogP contribution in [0.4, 0.5) is 5.69 Å². The van der Waals surface area contributed by atoms with Crippen LogP contribution in [0, 0.1) is 6.92 Å². The Kier molecular flexibility index (Phi) is 2.26. The third-order valence-electron chi connectivity index (χ3n) is 2.77. The number of hydrogen-bond acceptors (Lipinski definition) is 3. The Bertz CT molecular complexity index is 415. The molecule has 15 heavy (non-hydrogen) atoms. The first-order valence-corrected chi connectivity index (χ1v) is 4.79. The zero-order valence-electron chi connectivity index (χ0n) is 8.70. The molecule has 2 rings (SSSR count). The molecule has 80 valence electrons. The molecule has 1 aromatic rings. The summed E-state index contributed by atoms with van der Waals surface area (Å²) >= 11 is 0. The lowest BCUT2D eigenvalue weighted by Gasteiger charge is -2.10. The number of aliphatic carboxylic acids is 1. The van der Waals surface area contributed by atoms with E-state index in [0.29, 0.717) is 12.3 Å². The second-order valence-corrected chi connectivity index (χ2v) is 3.65. The maximum atomic E-state index is 11.0. The molecule has 1 aliphatic rings. The van der Waals surface area contributed by atoms with E-state index in [4.69, 9.17) is 9.84 Å². The predicted octanol–water partition coefficient (Wildman–Crippen LogP) is 1.60. The Morgan fingerprint density at radius 3 is 2.93 bits per heavy atom. The van der Waals surface area contributed by atoms with Crippen molar-refractivity contribution in [2.24, 2.45) is 0 Å². The molecular weight excluding hydrogens is 194 g/mol. The van der Waals surface area contributed by atoms with E-state index in [0.717, 1.165) is 16.8 Å². The van der Waals surface area contributed by atoms with Crippen LogP contribution in [-0.4, -0.2) is 24.7 Å². The van der Waals surface area contributed by atoms with Crippen LogP contribution in [0.5, 0.6) is 5.75 Å². The maximum absolute atomic E-state index is 11.0. The van der Waals surface area contributed by atoms with Crippen molar-refractivity contribution in [1.82, 2.24) is 0 Å². The highest BCUT2D eigenvalue weighted by Crippen LogP contribution is 2.40. The number of hydrogen-bond donors (Lipinski definition) is 2. The first-order valence-electron chi connectivity index (χ1n) is 4.79. The number of ether oxygens (including phenoxy) is 1. The predicted molar refractivity (Wildman–Crippen MR) is 56.6 cm³/mol. The van der Waals surface area contributed by atoms with E-state index in [2.05, 4.69) is 5.32 Å². The molecule has 0 aromatic heterocycles. The highest BCUT2D eigenvalue weighted by molar-refractivity contribution is 5.85. The maximum Gasteiger partial charge on any atom is 0.312 e. The molecule has 0 amide bonds. The highest BCUT2D eigenvalue weighted by atomic mass is 16.5. The summed E-state index contributed by atoms with van der Waals surface area (Å²) in [5, 5.41) is 12.2. The molecule has 1 atom stereocenters. The molecule has 4 heteroatoms. The molecule has 1 aromatic carbocycles. The van der Waals surface area contributed by atoms with Crippen molar-refractivity contribution in [3.05, 3.63) is 23.3 Å². The Morgan fingerprint density at radius 2 is 2.33 bits per heavy atom. The number of methoxy groups -OCH3 is 1.